The lowest BCUT2D eigenvalue weighted by molar-refractivity contribution is 0.441. The molecule has 19 heavy (non-hydrogen) atoms. The van der Waals surface area contributed by atoms with Gasteiger partial charge in [-0.25, -0.2) is 0 Å². The van der Waals surface area contributed by atoms with Crippen LogP contribution in [0.1, 0.15) is 37.7 Å². The van der Waals surface area contributed by atoms with E-state index in [0.29, 0.717) is 6.04 Å². The molecular weight excluding hydrogens is 230 g/mol. The molecule has 1 nitrogen and oxygen atoms in total. The molecule has 0 heterocycles. The Morgan fingerprint density at radius 1 is 1.00 bits per heavy atom. The zero-order valence-electron chi connectivity index (χ0n) is 11.5. The zero-order chi connectivity index (χ0) is 13.1. The number of hydrogen-bond acceptors (Lipinski definition) is 1. The van der Waals surface area contributed by atoms with Gasteiger partial charge in [0.1, 0.15) is 0 Å². The number of fused-ring (bicyclic) bond motifs is 1. The van der Waals surface area contributed by atoms with Crippen molar-refractivity contribution < 1.29 is 0 Å². The van der Waals surface area contributed by atoms with E-state index in [1.165, 1.54) is 48.4 Å². The molecule has 0 bridgehead atoms. The molecule has 1 unspecified atom stereocenters. The average Bonchev–Trinajstić information content (AvgIpc) is 2.91. The normalized spacial score (nSPS) is 17.9. The third-order valence-electron chi connectivity index (χ3n) is 4.42. The first kappa shape index (κ1) is 12.7. The summed E-state index contributed by atoms with van der Waals surface area (Å²) in [6, 6.07) is 15.6. The molecule has 0 spiro atoms. The lowest BCUT2D eigenvalue weighted by atomic mass is 9.94. The maximum atomic E-state index is 6.33. The van der Waals surface area contributed by atoms with Crippen LogP contribution >= 0.6 is 0 Å². The van der Waals surface area contributed by atoms with Crippen molar-refractivity contribution in [2.45, 2.75) is 44.6 Å². The summed E-state index contributed by atoms with van der Waals surface area (Å²) in [6.45, 7) is 0. The molecule has 1 saturated carbocycles. The van der Waals surface area contributed by atoms with Gasteiger partial charge in [-0.15, -0.1) is 0 Å². The maximum absolute atomic E-state index is 6.33. The number of hydrogen-bond donors (Lipinski definition) is 1. The molecule has 1 aliphatic carbocycles. The molecule has 1 fully saturated rings. The minimum atomic E-state index is 0.323. The Morgan fingerprint density at radius 2 is 1.74 bits per heavy atom. The number of nitrogens with two attached hydrogens (primary N) is 1. The van der Waals surface area contributed by atoms with Crippen molar-refractivity contribution in [3.63, 3.8) is 0 Å². The molecule has 2 aromatic rings. The second-order valence-electron chi connectivity index (χ2n) is 6.03. The smallest absolute Gasteiger partial charge is 0.00819 e. The number of benzene rings is 2. The highest BCUT2D eigenvalue weighted by Crippen LogP contribution is 2.29. The van der Waals surface area contributed by atoms with Crippen LogP contribution in [0, 0.1) is 5.92 Å². The van der Waals surface area contributed by atoms with Gasteiger partial charge in [0, 0.05) is 6.04 Å². The van der Waals surface area contributed by atoms with Gasteiger partial charge in [0.15, 0.2) is 0 Å². The highest BCUT2D eigenvalue weighted by Gasteiger charge is 2.18. The Bertz CT molecular complexity index is 540. The first-order valence-electron chi connectivity index (χ1n) is 7.54. The third-order valence-corrected chi connectivity index (χ3v) is 4.42. The van der Waals surface area contributed by atoms with Gasteiger partial charge in [-0.05, 0) is 35.1 Å². The van der Waals surface area contributed by atoms with Crippen LogP contribution < -0.4 is 5.73 Å². The van der Waals surface area contributed by atoms with Crippen LogP contribution in [-0.4, -0.2) is 6.04 Å². The average molecular weight is 253 g/mol. The summed E-state index contributed by atoms with van der Waals surface area (Å²) in [5.41, 5.74) is 7.71. The van der Waals surface area contributed by atoms with Crippen LogP contribution in [0.15, 0.2) is 42.5 Å². The molecule has 100 valence electrons. The Kier molecular flexibility index (Phi) is 3.84. The second-order valence-corrected chi connectivity index (χ2v) is 6.03. The predicted octanol–water partition coefficient (Wildman–Crippen LogP) is 4.29. The third kappa shape index (κ3) is 3.16. The zero-order valence-corrected chi connectivity index (χ0v) is 11.5. The Balaban J connectivity index is 1.66. The van der Waals surface area contributed by atoms with Crippen LogP contribution in [0.4, 0.5) is 0 Å². The van der Waals surface area contributed by atoms with Gasteiger partial charge in [0.25, 0.3) is 0 Å². The van der Waals surface area contributed by atoms with Crippen LogP contribution in [0.3, 0.4) is 0 Å². The summed E-state index contributed by atoms with van der Waals surface area (Å²) in [6.07, 6.45) is 7.83. The molecule has 0 radical (unpaired) electrons. The minimum absolute atomic E-state index is 0.323. The van der Waals surface area contributed by atoms with E-state index in [9.17, 15) is 0 Å². The van der Waals surface area contributed by atoms with Gasteiger partial charge in [-0.2, -0.15) is 0 Å². The molecule has 0 amide bonds. The van der Waals surface area contributed by atoms with E-state index in [1.807, 2.05) is 0 Å². The summed E-state index contributed by atoms with van der Waals surface area (Å²) in [5, 5.41) is 2.64. The van der Waals surface area contributed by atoms with Crippen LogP contribution in [-0.2, 0) is 6.42 Å². The largest absolute Gasteiger partial charge is 0.327 e. The van der Waals surface area contributed by atoms with Gasteiger partial charge in [-0.1, -0.05) is 68.1 Å². The lowest BCUT2D eigenvalue weighted by Crippen LogP contribution is -2.25. The second kappa shape index (κ2) is 5.75. The van der Waals surface area contributed by atoms with E-state index in [-0.39, 0.29) is 0 Å². The fourth-order valence-electron chi connectivity index (χ4n) is 3.43. The van der Waals surface area contributed by atoms with Gasteiger partial charge >= 0.3 is 0 Å². The molecule has 3 rings (SSSR count). The topological polar surface area (TPSA) is 26.0 Å². The van der Waals surface area contributed by atoms with Crippen LogP contribution in [0.25, 0.3) is 10.8 Å². The van der Waals surface area contributed by atoms with Gasteiger partial charge < -0.3 is 5.73 Å². The van der Waals surface area contributed by atoms with Gasteiger partial charge in [-0.3, -0.25) is 0 Å². The minimum Gasteiger partial charge on any atom is -0.327 e. The fraction of sp³-hybridized carbons (Fsp3) is 0.444. The van der Waals surface area contributed by atoms with Crippen molar-refractivity contribution in [1.29, 1.82) is 0 Å². The molecule has 2 aromatic carbocycles. The highest BCUT2D eigenvalue weighted by atomic mass is 14.6. The van der Waals surface area contributed by atoms with E-state index in [0.717, 1.165) is 12.3 Å². The maximum Gasteiger partial charge on any atom is 0.00819 e. The molecule has 2 N–H and O–H groups in total. The van der Waals surface area contributed by atoms with Crippen molar-refractivity contribution >= 4 is 10.8 Å². The highest BCUT2D eigenvalue weighted by molar-refractivity contribution is 5.82. The Morgan fingerprint density at radius 3 is 2.53 bits per heavy atom. The first-order valence-corrected chi connectivity index (χ1v) is 7.54. The molecule has 0 aliphatic heterocycles. The van der Waals surface area contributed by atoms with Crippen molar-refractivity contribution in [2.24, 2.45) is 11.7 Å². The Labute approximate surface area is 115 Å². The predicted molar refractivity (Wildman–Crippen MR) is 82.2 cm³/mol. The van der Waals surface area contributed by atoms with E-state index in [2.05, 4.69) is 42.5 Å². The summed E-state index contributed by atoms with van der Waals surface area (Å²) in [5.74, 6) is 0.885. The van der Waals surface area contributed by atoms with E-state index < -0.39 is 0 Å². The summed E-state index contributed by atoms with van der Waals surface area (Å²) in [4.78, 5) is 0. The van der Waals surface area contributed by atoms with Crippen LogP contribution in [0.5, 0.6) is 0 Å². The fourth-order valence-corrected chi connectivity index (χ4v) is 3.43. The summed E-state index contributed by atoms with van der Waals surface area (Å²) in [7, 11) is 0. The van der Waals surface area contributed by atoms with Crippen molar-refractivity contribution in [2.75, 3.05) is 0 Å². The van der Waals surface area contributed by atoms with Crippen molar-refractivity contribution in [1.82, 2.24) is 0 Å². The van der Waals surface area contributed by atoms with E-state index in [1.54, 1.807) is 0 Å². The molecule has 0 aromatic heterocycles. The van der Waals surface area contributed by atoms with E-state index >= 15 is 0 Å². The lowest BCUT2D eigenvalue weighted by Gasteiger charge is -2.16. The van der Waals surface area contributed by atoms with Crippen LogP contribution in [0.2, 0.25) is 0 Å². The Hall–Kier alpha value is -1.34. The SMILES string of the molecule is NC(Cc1ccc2ccccc2c1)CC1CCCC1. The molecule has 1 heteroatoms. The van der Waals surface area contributed by atoms with Crippen molar-refractivity contribution in [3.05, 3.63) is 48.0 Å². The molecule has 1 aliphatic rings. The first-order chi connectivity index (χ1) is 9.31. The standard InChI is InChI=1S/C18H23N/c19-18(12-14-5-1-2-6-14)13-15-9-10-16-7-3-4-8-17(16)11-15/h3-4,7-11,14,18H,1-2,5-6,12-13,19H2. The molecular formula is C18H23N. The quantitative estimate of drug-likeness (QED) is 0.864. The van der Waals surface area contributed by atoms with Crippen molar-refractivity contribution in [3.8, 4) is 0 Å². The molecule has 1 atom stereocenters. The molecule has 0 saturated heterocycles. The monoisotopic (exact) mass is 253 g/mol. The van der Waals surface area contributed by atoms with E-state index in [4.69, 9.17) is 5.73 Å². The summed E-state index contributed by atoms with van der Waals surface area (Å²) >= 11 is 0. The van der Waals surface area contributed by atoms with Gasteiger partial charge in [0.05, 0.1) is 0 Å². The summed E-state index contributed by atoms with van der Waals surface area (Å²) < 4.78 is 0. The number of rotatable bonds is 4. The van der Waals surface area contributed by atoms with Gasteiger partial charge in [0.2, 0.25) is 0 Å².